The molecule has 7 aromatic rings. The van der Waals surface area contributed by atoms with E-state index in [0.29, 0.717) is 35.2 Å². The summed E-state index contributed by atoms with van der Waals surface area (Å²) < 4.78 is 5.99. The molecule has 5 heteroatoms. The highest BCUT2D eigenvalue weighted by atomic mass is 16.5. The van der Waals surface area contributed by atoms with Crippen LogP contribution in [0.1, 0.15) is 42.5 Å². The number of allylic oxidation sites excluding steroid dienone is 1. The predicted octanol–water partition coefficient (Wildman–Crippen LogP) is 11.9. The molecule has 5 nitrogen and oxygen atoms in total. The Bertz CT molecular complexity index is 2090. The lowest BCUT2D eigenvalue weighted by Gasteiger charge is -2.11. The molecule has 0 amide bonds. The van der Waals surface area contributed by atoms with Crippen molar-refractivity contribution in [3.63, 3.8) is 0 Å². The first kappa shape index (κ1) is 34.4. The molecule has 248 valence electrons. The Morgan fingerprint density at radius 1 is 0.510 bits per heavy atom. The third-order valence-electron chi connectivity index (χ3n) is 8.17. The Kier molecular flexibility index (Phi) is 11.1. The number of fused-ring (bicyclic) bond motifs is 3. The highest BCUT2D eigenvalue weighted by molar-refractivity contribution is 5.86. The molecule has 0 spiro atoms. The van der Waals surface area contributed by atoms with Crippen molar-refractivity contribution >= 4 is 38.4 Å². The number of phenols is 3. The number of benzene rings is 7. The quantitative estimate of drug-likeness (QED) is 0.139. The van der Waals surface area contributed by atoms with Crippen LogP contribution in [-0.4, -0.2) is 20.4 Å². The highest BCUT2D eigenvalue weighted by Crippen LogP contribution is 2.30. The number of hydrogen-bond donors (Lipinski definition) is 4. The molecule has 0 radical (unpaired) electrons. The molecule has 4 N–H and O–H groups in total. The van der Waals surface area contributed by atoms with Crippen LogP contribution in [0.15, 0.2) is 133 Å². The molecule has 0 bridgehead atoms. The first-order valence-corrected chi connectivity index (χ1v) is 16.4. The number of aromatic hydroxyl groups is 3. The Morgan fingerprint density at radius 2 is 0.939 bits per heavy atom. The predicted molar refractivity (Wildman–Crippen MR) is 203 cm³/mol. The smallest absolute Gasteiger partial charge is 0.128 e. The molecule has 49 heavy (non-hydrogen) atoms. The average Bonchev–Trinajstić information content (AvgIpc) is 3.08. The molecule has 0 saturated heterocycles. The van der Waals surface area contributed by atoms with E-state index in [4.69, 9.17) is 4.74 Å². The number of aliphatic hydroxyl groups excluding tert-OH is 1. The summed E-state index contributed by atoms with van der Waals surface area (Å²) in [4.78, 5) is 0. The van der Waals surface area contributed by atoms with E-state index in [-0.39, 0.29) is 5.75 Å². The Labute approximate surface area is 287 Å². The van der Waals surface area contributed by atoms with E-state index in [1.54, 1.807) is 42.5 Å². The maximum Gasteiger partial charge on any atom is 0.128 e. The van der Waals surface area contributed by atoms with Crippen LogP contribution in [0, 0.1) is 13.8 Å². The molecule has 0 aliphatic carbocycles. The largest absolute Gasteiger partial charge is 0.512 e. The van der Waals surface area contributed by atoms with Gasteiger partial charge in [0, 0.05) is 6.42 Å². The van der Waals surface area contributed by atoms with Crippen LogP contribution in [0.25, 0.3) is 38.4 Å². The molecular weight excluding hydrogens is 608 g/mol. The monoisotopic (exact) mass is 650 g/mol. The summed E-state index contributed by atoms with van der Waals surface area (Å²) in [6, 6.07) is 40.1. The number of ether oxygens (including phenoxy) is 1. The van der Waals surface area contributed by atoms with Crippen molar-refractivity contribution in [3.05, 3.63) is 155 Å². The maximum atomic E-state index is 9.85. The summed E-state index contributed by atoms with van der Waals surface area (Å²) in [5.41, 5.74) is 4.56. The van der Waals surface area contributed by atoms with Gasteiger partial charge in [-0.2, -0.15) is 0 Å². The molecule has 0 aliphatic rings. The fourth-order valence-electron chi connectivity index (χ4n) is 5.49. The first-order chi connectivity index (χ1) is 23.6. The molecular formula is C44H42O5. The van der Waals surface area contributed by atoms with E-state index in [2.05, 4.69) is 43.3 Å². The van der Waals surface area contributed by atoms with Gasteiger partial charge in [0.2, 0.25) is 0 Å². The maximum absolute atomic E-state index is 9.85. The van der Waals surface area contributed by atoms with E-state index in [9.17, 15) is 20.4 Å². The van der Waals surface area contributed by atoms with Crippen molar-refractivity contribution in [1.29, 1.82) is 0 Å². The van der Waals surface area contributed by atoms with Crippen molar-refractivity contribution in [2.24, 2.45) is 0 Å². The molecule has 0 atom stereocenters. The van der Waals surface area contributed by atoms with Crippen LogP contribution < -0.4 is 4.74 Å². The van der Waals surface area contributed by atoms with Gasteiger partial charge in [0.05, 0.1) is 5.76 Å². The molecule has 0 unspecified atom stereocenters. The van der Waals surface area contributed by atoms with Gasteiger partial charge in [0.25, 0.3) is 0 Å². The lowest BCUT2D eigenvalue weighted by atomic mass is 10.0. The van der Waals surface area contributed by atoms with E-state index in [0.717, 1.165) is 39.1 Å². The standard InChI is InChI=1S/C22H22O3.2C11H10O/c1-3-15-6-9-21(13-17(15)11-19(23)4-2)25-22-10-7-16-5-8-20(24)12-18(16)14-22;2*1-8-2-3-9-4-5-11(12)7-10(9)6-8/h5-14,23-24H,3-4H2,1-2H3;2*2-7,12H,1H3/b19-11+;;. The van der Waals surface area contributed by atoms with E-state index >= 15 is 0 Å². The second-order valence-electron chi connectivity index (χ2n) is 12.1. The first-order valence-electron chi connectivity index (χ1n) is 16.4. The Hall–Kier alpha value is -5.94. The van der Waals surface area contributed by atoms with Gasteiger partial charge >= 0.3 is 0 Å². The van der Waals surface area contributed by atoms with Crippen LogP contribution in [-0.2, 0) is 6.42 Å². The minimum absolute atomic E-state index is 0.236. The zero-order chi connectivity index (χ0) is 34.9. The lowest BCUT2D eigenvalue weighted by Crippen LogP contribution is -1.91. The zero-order valence-electron chi connectivity index (χ0n) is 28.3. The summed E-state index contributed by atoms with van der Waals surface area (Å²) in [6.45, 7) is 8.10. The highest BCUT2D eigenvalue weighted by Gasteiger charge is 2.06. The summed E-state index contributed by atoms with van der Waals surface area (Å²) in [7, 11) is 0. The van der Waals surface area contributed by atoms with Crippen LogP contribution in [0.2, 0.25) is 0 Å². The van der Waals surface area contributed by atoms with Crippen LogP contribution in [0.5, 0.6) is 28.7 Å². The van der Waals surface area contributed by atoms with Crippen molar-refractivity contribution < 1.29 is 25.2 Å². The van der Waals surface area contributed by atoms with Crippen LogP contribution in [0.4, 0.5) is 0 Å². The van der Waals surface area contributed by atoms with Gasteiger partial charge < -0.3 is 25.2 Å². The van der Waals surface area contributed by atoms with Gasteiger partial charge in [-0.3, -0.25) is 0 Å². The number of aliphatic hydroxyl groups is 1. The second-order valence-corrected chi connectivity index (χ2v) is 12.1. The minimum atomic E-state index is 0.236. The summed E-state index contributed by atoms with van der Waals surface area (Å²) >= 11 is 0. The fraction of sp³-hybridized carbons (Fsp3) is 0.136. The van der Waals surface area contributed by atoms with Crippen molar-refractivity contribution in [1.82, 2.24) is 0 Å². The van der Waals surface area contributed by atoms with Gasteiger partial charge in [-0.25, -0.2) is 0 Å². The molecule has 7 rings (SSSR count). The SMILES string of the molecule is CC/C(O)=C\c1cc(Oc2ccc3ccc(O)cc3c2)ccc1CC.Cc1ccc2ccc(O)cc2c1.Cc1ccc2ccc(O)cc2c1. The topological polar surface area (TPSA) is 90.2 Å². The van der Waals surface area contributed by atoms with Gasteiger partial charge in [-0.05, 0) is 130 Å². The van der Waals surface area contributed by atoms with Crippen molar-refractivity contribution in [2.75, 3.05) is 0 Å². The fourth-order valence-corrected chi connectivity index (χ4v) is 5.49. The van der Waals surface area contributed by atoms with E-state index in [1.165, 1.54) is 21.9 Å². The summed E-state index contributed by atoms with van der Waals surface area (Å²) in [5, 5.41) is 44.4. The summed E-state index contributed by atoms with van der Waals surface area (Å²) in [6.07, 6.45) is 3.28. The number of aryl methyl sites for hydroxylation is 3. The van der Waals surface area contributed by atoms with Gasteiger partial charge in [0.15, 0.2) is 0 Å². The zero-order valence-corrected chi connectivity index (χ0v) is 28.3. The van der Waals surface area contributed by atoms with Crippen molar-refractivity contribution in [2.45, 2.75) is 40.5 Å². The third-order valence-corrected chi connectivity index (χ3v) is 8.17. The normalized spacial score (nSPS) is 11.1. The van der Waals surface area contributed by atoms with Crippen LogP contribution >= 0.6 is 0 Å². The Balaban J connectivity index is 0.000000161. The molecule has 7 aromatic carbocycles. The number of phenolic OH excluding ortho intramolecular Hbond substituents is 3. The van der Waals surface area contributed by atoms with Gasteiger partial charge in [0.1, 0.15) is 28.7 Å². The van der Waals surface area contributed by atoms with Gasteiger partial charge in [-0.1, -0.05) is 91.7 Å². The number of hydrogen-bond acceptors (Lipinski definition) is 5. The van der Waals surface area contributed by atoms with Crippen molar-refractivity contribution in [3.8, 4) is 28.7 Å². The molecule has 0 fully saturated rings. The molecule has 0 aromatic heterocycles. The molecule has 0 heterocycles. The Morgan fingerprint density at radius 3 is 1.43 bits per heavy atom. The minimum Gasteiger partial charge on any atom is -0.512 e. The summed E-state index contributed by atoms with van der Waals surface area (Å²) in [5.74, 6) is 2.66. The lowest BCUT2D eigenvalue weighted by molar-refractivity contribution is 0.400. The second kappa shape index (κ2) is 15.8. The van der Waals surface area contributed by atoms with E-state index in [1.807, 2.05) is 75.4 Å². The number of rotatable bonds is 5. The third kappa shape index (κ3) is 9.33. The van der Waals surface area contributed by atoms with E-state index < -0.39 is 0 Å². The van der Waals surface area contributed by atoms with Gasteiger partial charge in [-0.15, -0.1) is 0 Å². The van der Waals surface area contributed by atoms with Crippen LogP contribution in [0.3, 0.4) is 0 Å². The average molecular weight is 651 g/mol. The molecule has 0 aliphatic heterocycles. The molecule has 0 saturated carbocycles.